The van der Waals surface area contributed by atoms with E-state index in [4.69, 9.17) is 14.6 Å². The van der Waals surface area contributed by atoms with E-state index in [0.717, 1.165) is 31.2 Å². The van der Waals surface area contributed by atoms with Gasteiger partial charge in [-0.2, -0.15) is 0 Å². The highest BCUT2D eigenvalue weighted by molar-refractivity contribution is 5.87. The van der Waals surface area contributed by atoms with Crippen LogP contribution in [-0.2, 0) is 19.1 Å². The SMILES string of the molecule is O=C([C@H]1OCC(=O)N(C2CC2)[C@@H]1c1cccnc1)N1C[C@H]2CC(O)C[C@H]2C1.O=CO. The number of nitrogens with zero attached hydrogens (tertiary/aromatic N) is 3. The minimum atomic E-state index is -0.684. The summed E-state index contributed by atoms with van der Waals surface area (Å²) in [4.78, 5) is 42.3. The maximum absolute atomic E-state index is 13.4. The summed E-state index contributed by atoms with van der Waals surface area (Å²) in [6, 6.07) is 3.55. The Balaban J connectivity index is 0.000000687. The average molecular weight is 417 g/mol. The fourth-order valence-electron chi connectivity index (χ4n) is 5.13. The fraction of sp³-hybridized carbons (Fsp3) is 0.619. The standard InChI is InChI=1S/C20H25N3O4.CH2O2/c24-16-6-13-9-22(10-14(13)7-16)20(26)19-18(12-2-1-5-21-8-12)23(15-3-4-15)17(25)11-27-19;2-1-3/h1-2,5,8,13-16,18-19,24H,3-4,6-7,9-11H2;1H,(H,2,3)/t13-,14+,16?,18-,19+;/m1./s1. The Hall–Kier alpha value is -2.52. The molecule has 4 fully saturated rings. The number of amides is 2. The van der Waals surface area contributed by atoms with Gasteiger partial charge in [-0.3, -0.25) is 19.4 Å². The van der Waals surface area contributed by atoms with Crippen LogP contribution >= 0.6 is 0 Å². The molecule has 2 aliphatic carbocycles. The molecule has 0 spiro atoms. The molecule has 2 aliphatic heterocycles. The van der Waals surface area contributed by atoms with Crippen molar-refractivity contribution in [1.82, 2.24) is 14.8 Å². The Morgan fingerprint density at radius 2 is 1.90 bits per heavy atom. The number of aromatic nitrogens is 1. The number of carboxylic acid groups (broad SMARTS) is 1. The number of rotatable bonds is 3. The molecule has 4 aliphatic rings. The van der Waals surface area contributed by atoms with E-state index >= 15 is 0 Å². The molecule has 2 saturated heterocycles. The highest BCUT2D eigenvalue weighted by Crippen LogP contribution is 2.42. The van der Waals surface area contributed by atoms with Gasteiger partial charge in [-0.05, 0) is 49.1 Å². The molecule has 2 N–H and O–H groups in total. The van der Waals surface area contributed by atoms with Crippen molar-refractivity contribution in [2.75, 3.05) is 19.7 Å². The van der Waals surface area contributed by atoms with Gasteiger partial charge >= 0.3 is 0 Å². The van der Waals surface area contributed by atoms with Gasteiger partial charge in [0.05, 0.1) is 12.1 Å². The van der Waals surface area contributed by atoms with Gasteiger partial charge in [0, 0.05) is 31.5 Å². The summed E-state index contributed by atoms with van der Waals surface area (Å²) in [6.45, 7) is 1.07. The first kappa shape index (κ1) is 20.7. The van der Waals surface area contributed by atoms with Crippen molar-refractivity contribution < 1.29 is 29.3 Å². The van der Waals surface area contributed by atoms with E-state index < -0.39 is 12.1 Å². The Morgan fingerprint density at radius 1 is 1.23 bits per heavy atom. The minimum absolute atomic E-state index is 0.0362. The highest BCUT2D eigenvalue weighted by Gasteiger charge is 2.50. The van der Waals surface area contributed by atoms with Crippen LogP contribution in [0.15, 0.2) is 24.5 Å². The van der Waals surface area contributed by atoms with Crippen molar-refractivity contribution in [3.63, 3.8) is 0 Å². The number of carbonyl (C=O) groups is 3. The van der Waals surface area contributed by atoms with E-state index in [2.05, 4.69) is 4.98 Å². The molecule has 1 unspecified atom stereocenters. The molecular formula is C21H27N3O6. The number of fused-ring (bicyclic) bond motifs is 1. The molecule has 3 heterocycles. The van der Waals surface area contributed by atoms with E-state index in [9.17, 15) is 14.7 Å². The van der Waals surface area contributed by atoms with Crippen molar-refractivity contribution >= 4 is 18.3 Å². The minimum Gasteiger partial charge on any atom is -0.483 e. The van der Waals surface area contributed by atoms with Gasteiger partial charge in [0.1, 0.15) is 6.61 Å². The van der Waals surface area contributed by atoms with Gasteiger partial charge in [0.2, 0.25) is 5.91 Å². The zero-order valence-electron chi connectivity index (χ0n) is 16.7. The zero-order valence-corrected chi connectivity index (χ0v) is 16.7. The summed E-state index contributed by atoms with van der Waals surface area (Å²) in [5, 5.41) is 16.7. The molecule has 0 bridgehead atoms. The monoisotopic (exact) mass is 417 g/mol. The van der Waals surface area contributed by atoms with Gasteiger partial charge < -0.3 is 24.7 Å². The lowest BCUT2D eigenvalue weighted by Crippen LogP contribution is -2.55. The Morgan fingerprint density at radius 3 is 2.47 bits per heavy atom. The molecule has 0 radical (unpaired) electrons. The fourth-order valence-corrected chi connectivity index (χ4v) is 5.13. The van der Waals surface area contributed by atoms with Crippen LogP contribution in [-0.4, -0.2) is 81.2 Å². The second-order valence-electron chi connectivity index (χ2n) is 8.49. The van der Waals surface area contributed by atoms with Gasteiger partial charge in [-0.15, -0.1) is 0 Å². The van der Waals surface area contributed by atoms with Crippen LogP contribution in [0.2, 0.25) is 0 Å². The van der Waals surface area contributed by atoms with Gasteiger partial charge in [-0.1, -0.05) is 6.07 Å². The number of ether oxygens (including phenoxy) is 1. The summed E-state index contributed by atoms with van der Waals surface area (Å²) >= 11 is 0. The number of aliphatic hydroxyl groups is 1. The third-order valence-corrected chi connectivity index (χ3v) is 6.51. The van der Waals surface area contributed by atoms with Crippen molar-refractivity contribution in [3.05, 3.63) is 30.1 Å². The van der Waals surface area contributed by atoms with Crippen LogP contribution in [0.3, 0.4) is 0 Å². The van der Waals surface area contributed by atoms with Crippen molar-refractivity contribution in [2.45, 2.75) is 50.0 Å². The molecule has 1 aromatic rings. The summed E-state index contributed by atoms with van der Waals surface area (Å²) in [5.74, 6) is 0.679. The second kappa shape index (κ2) is 8.69. The zero-order chi connectivity index (χ0) is 21.3. The van der Waals surface area contributed by atoms with E-state index in [1.54, 1.807) is 12.4 Å². The molecule has 5 rings (SSSR count). The van der Waals surface area contributed by atoms with E-state index in [0.29, 0.717) is 24.9 Å². The van der Waals surface area contributed by atoms with E-state index in [-0.39, 0.29) is 37.0 Å². The maximum atomic E-state index is 13.4. The van der Waals surface area contributed by atoms with Gasteiger partial charge in [-0.25, -0.2) is 0 Å². The third kappa shape index (κ3) is 4.04. The number of hydrogen-bond acceptors (Lipinski definition) is 6. The smallest absolute Gasteiger partial charge is 0.290 e. The molecule has 30 heavy (non-hydrogen) atoms. The number of carbonyl (C=O) groups excluding carboxylic acids is 2. The number of hydrogen-bond donors (Lipinski definition) is 2. The largest absolute Gasteiger partial charge is 0.483 e. The van der Waals surface area contributed by atoms with Crippen molar-refractivity contribution in [1.29, 1.82) is 0 Å². The highest BCUT2D eigenvalue weighted by atomic mass is 16.5. The number of aliphatic hydroxyl groups excluding tert-OH is 1. The third-order valence-electron chi connectivity index (χ3n) is 6.51. The lowest BCUT2D eigenvalue weighted by Gasteiger charge is -2.41. The topological polar surface area (TPSA) is 120 Å². The molecule has 2 amide bonds. The first-order valence-corrected chi connectivity index (χ1v) is 10.4. The van der Waals surface area contributed by atoms with Crippen LogP contribution in [0.1, 0.15) is 37.3 Å². The predicted octanol–water partition coefficient (Wildman–Crippen LogP) is 0.443. The quantitative estimate of drug-likeness (QED) is 0.685. The maximum Gasteiger partial charge on any atom is 0.290 e. The summed E-state index contributed by atoms with van der Waals surface area (Å²) in [5.41, 5.74) is 0.852. The molecule has 9 nitrogen and oxygen atoms in total. The number of pyridine rings is 1. The van der Waals surface area contributed by atoms with Crippen LogP contribution in [0.4, 0.5) is 0 Å². The second-order valence-corrected chi connectivity index (χ2v) is 8.49. The Labute approximate surface area is 174 Å². The predicted molar refractivity (Wildman–Crippen MR) is 104 cm³/mol. The Kier molecular flexibility index (Phi) is 6.01. The molecule has 9 heteroatoms. The summed E-state index contributed by atoms with van der Waals surface area (Å²) in [6.07, 6.45) is 6.03. The first-order chi connectivity index (χ1) is 14.5. The summed E-state index contributed by atoms with van der Waals surface area (Å²) < 4.78 is 5.82. The summed E-state index contributed by atoms with van der Waals surface area (Å²) in [7, 11) is 0. The Bertz CT molecular complexity index is 772. The molecule has 162 valence electrons. The molecule has 1 aromatic heterocycles. The van der Waals surface area contributed by atoms with Crippen LogP contribution in [0.25, 0.3) is 0 Å². The lowest BCUT2D eigenvalue weighted by molar-refractivity contribution is -0.170. The normalized spacial score (nSPS) is 33.0. The van der Waals surface area contributed by atoms with Crippen LogP contribution < -0.4 is 0 Å². The number of likely N-dealkylation sites (tertiary alicyclic amines) is 1. The molecule has 2 saturated carbocycles. The number of morpholine rings is 1. The molecule has 5 atom stereocenters. The average Bonchev–Trinajstić information content (AvgIpc) is 3.41. The molecule has 0 aromatic carbocycles. The first-order valence-electron chi connectivity index (χ1n) is 10.4. The van der Waals surface area contributed by atoms with Crippen molar-refractivity contribution in [3.8, 4) is 0 Å². The van der Waals surface area contributed by atoms with Crippen LogP contribution in [0, 0.1) is 11.8 Å². The van der Waals surface area contributed by atoms with Crippen molar-refractivity contribution in [2.24, 2.45) is 11.8 Å². The van der Waals surface area contributed by atoms with Gasteiger partial charge in [0.15, 0.2) is 6.10 Å². The molecular weight excluding hydrogens is 390 g/mol. The van der Waals surface area contributed by atoms with E-state index in [1.807, 2.05) is 21.9 Å². The van der Waals surface area contributed by atoms with E-state index in [1.165, 1.54) is 0 Å². The van der Waals surface area contributed by atoms with Gasteiger partial charge in [0.25, 0.3) is 12.4 Å². The van der Waals surface area contributed by atoms with Crippen LogP contribution in [0.5, 0.6) is 0 Å². The lowest BCUT2D eigenvalue weighted by atomic mass is 9.97.